The van der Waals surface area contributed by atoms with Gasteiger partial charge < -0.3 is 4.74 Å². The summed E-state index contributed by atoms with van der Waals surface area (Å²) in [6.07, 6.45) is -0.242. The van der Waals surface area contributed by atoms with Crippen LogP contribution in [0.15, 0.2) is 72.0 Å². The van der Waals surface area contributed by atoms with Crippen molar-refractivity contribution in [2.45, 2.75) is 11.3 Å². The van der Waals surface area contributed by atoms with Crippen LogP contribution in [0.3, 0.4) is 0 Å². The Balaban J connectivity index is 1.64. The van der Waals surface area contributed by atoms with Gasteiger partial charge in [0.2, 0.25) is 0 Å². The number of rotatable bonds is 5. The maximum absolute atomic E-state index is 12.7. The van der Waals surface area contributed by atoms with Crippen molar-refractivity contribution < 1.29 is 26.3 Å². The molecule has 3 aromatic heterocycles. The van der Waals surface area contributed by atoms with Crippen LogP contribution in [-0.2, 0) is 10.0 Å². The van der Waals surface area contributed by atoms with Crippen LogP contribution in [0, 0.1) is 0 Å². The van der Waals surface area contributed by atoms with Gasteiger partial charge in [-0.15, -0.1) is 13.2 Å². The zero-order valence-corrected chi connectivity index (χ0v) is 15.7. The summed E-state index contributed by atoms with van der Waals surface area (Å²) in [4.78, 5) is 7.93. The summed E-state index contributed by atoms with van der Waals surface area (Å²) >= 11 is 0. The SMILES string of the molecule is O=S(=O)(Nc1ccnc2cc(-c3cccnc3)nn12)c1ccc(OC(F)(F)F)cc1. The van der Waals surface area contributed by atoms with Crippen molar-refractivity contribution >= 4 is 21.5 Å². The van der Waals surface area contributed by atoms with E-state index in [1.807, 2.05) is 0 Å². The lowest BCUT2D eigenvalue weighted by Gasteiger charge is -2.11. The molecular formula is C18H12F3N5O3S. The third kappa shape index (κ3) is 4.17. The Labute approximate surface area is 168 Å². The van der Waals surface area contributed by atoms with Crippen LogP contribution >= 0.6 is 0 Å². The molecule has 0 atom stereocenters. The lowest BCUT2D eigenvalue weighted by molar-refractivity contribution is -0.274. The molecule has 0 spiro atoms. The molecule has 12 heteroatoms. The van der Waals surface area contributed by atoms with Crippen molar-refractivity contribution in [3.8, 4) is 17.0 Å². The van der Waals surface area contributed by atoms with E-state index in [1.165, 1.54) is 16.8 Å². The van der Waals surface area contributed by atoms with E-state index in [0.717, 1.165) is 29.8 Å². The van der Waals surface area contributed by atoms with E-state index in [2.05, 4.69) is 24.5 Å². The number of nitrogens with zero attached hydrogens (tertiary/aromatic N) is 4. The Bertz CT molecular complexity index is 1290. The van der Waals surface area contributed by atoms with Gasteiger partial charge in [-0.3, -0.25) is 9.71 Å². The Morgan fingerprint density at radius 1 is 1.03 bits per heavy atom. The molecule has 3 heterocycles. The van der Waals surface area contributed by atoms with Crippen LogP contribution in [0.2, 0.25) is 0 Å². The first-order valence-electron chi connectivity index (χ1n) is 8.35. The number of nitrogens with one attached hydrogen (secondary N) is 1. The van der Waals surface area contributed by atoms with Crippen molar-refractivity contribution in [3.63, 3.8) is 0 Å². The van der Waals surface area contributed by atoms with Gasteiger partial charge in [0.1, 0.15) is 11.6 Å². The molecular weight excluding hydrogens is 423 g/mol. The largest absolute Gasteiger partial charge is 0.573 e. The van der Waals surface area contributed by atoms with Crippen molar-refractivity contribution in [1.82, 2.24) is 19.6 Å². The number of hydrogen-bond acceptors (Lipinski definition) is 6. The molecule has 0 saturated carbocycles. The zero-order valence-electron chi connectivity index (χ0n) is 14.9. The summed E-state index contributed by atoms with van der Waals surface area (Å²) in [5, 5.41) is 4.36. The Hall–Kier alpha value is -3.67. The number of alkyl halides is 3. The highest BCUT2D eigenvalue weighted by Crippen LogP contribution is 2.25. The molecule has 1 aromatic carbocycles. The van der Waals surface area contributed by atoms with Gasteiger partial charge in [-0.1, -0.05) is 0 Å². The lowest BCUT2D eigenvalue weighted by atomic mass is 10.2. The highest BCUT2D eigenvalue weighted by molar-refractivity contribution is 7.92. The smallest absolute Gasteiger partial charge is 0.406 e. The predicted molar refractivity (Wildman–Crippen MR) is 100 cm³/mol. The van der Waals surface area contributed by atoms with Gasteiger partial charge in [0.25, 0.3) is 10.0 Å². The minimum atomic E-state index is -4.87. The molecule has 0 aliphatic carbocycles. The molecule has 8 nitrogen and oxygen atoms in total. The molecule has 0 aliphatic rings. The average molecular weight is 435 g/mol. The minimum absolute atomic E-state index is 0.103. The number of aromatic nitrogens is 4. The molecule has 4 aromatic rings. The molecule has 0 unspecified atom stereocenters. The molecule has 0 saturated heterocycles. The fourth-order valence-electron chi connectivity index (χ4n) is 2.64. The van der Waals surface area contributed by atoms with Gasteiger partial charge in [0.05, 0.1) is 10.6 Å². The quantitative estimate of drug-likeness (QED) is 0.515. The summed E-state index contributed by atoms with van der Waals surface area (Å²) in [5.41, 5.74) is 1.65. The second-order valence-corrected chi connectivity index (χ2v) is 7.68. The summed E-state index contributed by atoms with van der Waals surface area (Å²) in [6, 6.07) is 10.4. The highest BCUT2D eigenvalue weighted by Gasteiger charge is 2.31. The van der Waals surface area contributed by atoms with Crippen molar-refractivity contribution in [2.24, 2.45) is 0 Å². The Kier molecular flexibility index (Phi) is 4.78. The first-order chi connectivity index (χ1) is 14.2. The molecule has 0 radical (unpaired) electrons. The fraction of sp³-hybridized carbons (Fsp3) is 0.0556. The van der Waals surface area contributed by atoms with E-state index in [1.54, 1.807) is 30.6 Å². The predicted octanol–water partition coefficient (Wildman–Crippen LogP) is 3.49. The number of fused-ring (bicyclic) bond motifs is 1. The van der Waals surface area contributed by atoms with Crippen LogP contribution < -0.4 is 9.46 Å². The van der Waals surface area contributed by atoms with E-state index in [-0.39, 0.29) is 10.7 Å². The van der Waals surface area contributed by atoms with Gasteiger partial charge in [0, 0.05) is 30.2 Å². The lowest BCUT2D eigenvalue weighted by Crippen LogP contribution is -2.18. The number of anilines is 1. The summed E-state index contributed by atoms with van der Waals surface area (Å²) in [5.74, 6) is -0.424. The van der Waals surface area contributed by atoms with Crippen molar-refractivity contribution in [2.75, 3.05) is 4.72 Å². The van der Waals surface area contributed by atoms with Crippen molar-refractivity contribution in [3.05, 3.63) is 67.1 Å². The summed E-state index contributed by atoms with van der Waals surface area (Å²) in [6.45, 7) is 0. The molecule has 1 N–H and O–H groups in total. The first kappa shape index (κ1) is 19.6. The van der Waals surface area contributed by atoms with Crippen LogP contribution in [0.5, 0.6) is 5.75 Å². The molecule has 0 fully saturated rings. The Morgan fingerprint density at radius 3 is 2.47 bits per heavy atom. The number of hydrogen-bond donors (Lipinski definition) is 1. The van der Waals surface area contributed by atoms with E-state index in [4.69, 9.17) is 0 Å². The third-order valence-electron chi connectivity index (χ3n) is 3.92. The van der Waals surface area contributed by atoms with Crippen LogP contribution in [0.4, 0.5) is 19.0 Å². The van der Waals surface area contributed by atoms with Crippen LogP contribution in [-0.4, -0.2) is 34.4 Å². The number of pyridine rings is 1. The van der Waals surface area contributed by atoms with Crippen LogP contribution in [0.25, 0.3) is 16.9 Å². The first-order valence-corrected chi connectivity index (χ1v) is 9.83. The van der Waals surface area contributed by atoms with Crippen molar-refractivity contribution in [1.29, 1.82) is 0 Å². The topological polar surface area (TPSA) is 98.5 Å². The molecule has 154 valence electrons. The molecule has 4 rings (SSSR count). The number of halogens is 3. The molecule has 30 heavy (non-hydrogen) atoms. The molecule has 0 bridgehead atoms. The van der Waals surface area contributed by atoms with Gasteiger partial charge in [-0.2, -0.15) is 9.61 Å². The second-order valence-electron chi connectivity index (χ2n) is 6.00. The van der Waals surface area contributed by atoms with E-state index >= 15 is 0 Å². The normalized spacial score (nSPS) is 12.1. The Morgan fingerprint density at radius 2 is 1.80 bits per heavy atom. The monoisotopic (exact) mass is 435 g/mol. The van der Waals surface area contributed by atoms with E-state index < -0.39 is 22.1 Å². The van der Waals surface area contributed by atoms with Gasteiger partial charge in [-0.05, 0) is 42.5 Å². The van der Waals surface area contributed by atoms with Gasteiger partial charge >= 0.3 is 6.36 Å². The van der Waals surface area contributed by atoms with E-state index in [0.29, 0.717) is 11.3 Å². The van der Waals surface area contributed by atoms with Gasteiger partial charge in [0.15, 0.2) is 5.65 Å². The van der Waals surface area contributed by atoms with Gasteiger partial charge in [-0.25, -0.2) is 13.4 Å². The summed E-state index contributed by atoms with van der Waals surface area (Å²) < 4.78 is 69.6. The third-order valence-corrected chi connectivity index (χ3v) is 5.29. The summed E-state index contributed by atoms with van der Waals surface area (Å²) in [7, 11) is -4.11. The number of ether oxygens (including phenoxy) is 1. The maximum Gasteiger partial charge on any atom is 0.573 e. The minimum Gasteiger partial charge on any atom is -0.406 e. The number of benzene rings is 1. The standard InChI is InChI=1S/C18H12F3N5O3S/c19-18(20,21)29-13-3-5-14(6-4-13)30(27,28)25-16-7-9-23-17-10-15(24-26(16)17)12-2-1-8-22-11-12/h1-11,25H. The average Bonchev–Trinajstić information content (AvgIpc) is 3.13. The van der Waals surface area contributed by atoms with E-state index in [9.17, 15) is 21.6 Å². The van der Waals surface area contributed by atoms with Crippen LogP contribution in [0.1, 0.15) is 0 Å². The highest BCUT2D eigenvalue weighted by atomic mass is 32.2. The maximum atomic E-state index is 12.7. The zero-order chi connectivity index (χ0) is 21.4. The number of sulfonamides is 1. The fourth-order valence-corrected chi connectivity index (χ4v) is 3.69. The molecule has 0 amide bonds. The molecule has 0 aliphatic heterocycles. The second kappa shape index (κ2) is 7.30.